The van der Waals surface area contributed by atoms with Crippen molar-refractivity contribution in [3.05, 3.63) is 60.2 Å². The molecule has 1 unspecified atom stereocenters. The molecule has 0 aliphatic rings. The molecule has 0 aliphatic carbocycles. The molecule has 0 saturated heterocycles. The highest BCUT2D eigenvalue weighted by atomic mass is 32.2. The molecular weight excluding hydrogens is 248 g/mol. The van der Waals surface area contributed by atoms with Gasteiger partial charge in [0.1, 0.15) is 11.0 Å². The number of rotatable bonds is 4. The summed E-state index contributed by atoms with van der Waals surface area (Å²) in [6, 6.07) is 15.6. The summed E-state index contributed by atoms with van der Waals surface area (Å²) in [6.45, 7) is 0. The van der Waals surface area contributed by atoms with Crippen LogP contribution in [-0.4, -0.2) is 16.2 Å². The maximum Gasteiger partial charge on any atom is 0.321 e. The van der Waals surface area contributed by atoms with Crippen molar-refractivity contribution in [1.82, 2.24) is 0 Å². The second kappa shape index (κ2) is 5.60. The Labute approximate surface area is 109 Å². The summed E-state index contributed by atoms with van der Waals surface area (Å²) in [7, 11) is 0. The average Bonchev–Trinajstić information content (AvgIpc) is 2.38. The summed E-state index contributed by atoms with van der Waals surface area (Å²) in [5.41, 5.74) is 0.753. The molecule has 0 bridgehead atoms. The van der Waals surface area contributed by atoms with Crippen molar-refractivity contribution < 1.29 is 15.0 Å². The lowest BCUT2D eigenvalue weighted by Gasteiger charge is -2.12. The van der Waals surface area contributed by atoms with Crippen molar-refractivity contribution in [1.29, 1.82) is 0 Å². The Morgan fingerprint density at radius 2 is 1.61 bits per heavy atom. The predicted octanol–water partition coefficient (Wildman–Crippen LogP) is 3.31. The number of phenols is 1. The largest absolute Gasteiger partial charge is 0.508 e. The van der Waals surface area contributed by atoms with Crippen LogP contribution in [0, 0.1) is 0 Å². The quantitative estimate of drug-likeness (QED) is 0.828. The van der Waals surface area contributed by atoms with Gasteiger partial charge in [-0.1, -0.05) is 30.3 Å². The second-order valence-corrected chi connectivity index (χ2v) is 4.92. The zero-order valence-corrected chi connectivity index (χ0v) is 10.3. The van der Waals surface area contributed by atoms with E-state index in [2.05, 4.69) is 0 Å². The van der Waals surface area contributed by atoms with E-state index in [4.69, 9.17) is 0 Å². The zero-order valence-electron chi connectivity index (χ0n) is 9.48. The van der Waals surface area contributed by atoms with Crippen LogP contribution in [0.2, 0.25) is 0 Å². The van der Waals surface area contributed by atoms with E-state index < -0.39 is 11.2 Å². The van der Waals surface area contributed by atoms with Crippen LogP contribution in [0.4, 0.5) is 0 Å². The van der Waals surface area contributed by atoms with Crippen LogP contribution in [0.1, 0.15) is 10.8 Å². The highest BCUT2D eigenvalue weighted by molar-refractivity contribution is 8.00. The maximum absolute atomic E-state index is 11.3. The molecule has 0 radical (unpaired) electrons. The number of carboxylic acids is 1. The van der Waals surface area contributed by atoms with Gasteiger partial charge >= 0.3 is 5.97 Å². The fraction of sp³-hybridized carbons (Fsp3) is 0.0714. The molecule has 2 aromatic carbocycles. The number of carbonyl (C=O) groups is 1. The van der Waals surface area contributed by atoms with E-state index in [0.29, 0.717) is 0 Å². The smallest absolute Gasteiger partial charge is 0.321 e. The number of benzene rings is 2. The van der Waals surface area contributed by atoms with Crippen LogP contribution < -0.4 is 0 Å². The van der Waals surface area contributed by atoms with Gasteiger partial charge < -0.3 is 10.2 Å². The Morgan fingerprint density at radius 1 is 1.00 bits per heavy atom. The van der Waals surface area contributed by atoms with Crippen LogP contribution in [0.3, 0.4) is 0 Å². The number of thioether (sulfide) groups is 1. The van der Waals surface area contributed by atoms with E-state index >= 15 is 0 Å². The second-order valence-electron chi connectivity index (χ2n) is 3.74. The van der Waals surface area contributed by atoms with Crippen molar-refractivity contribution in [2.45, 2.75) is 10.1 Å². The lowest BCUT2D eigenvalue weighted by atomic mass is 10.1. The summed E-state index contributed by atoms with van der Waals surface area (Å²) < 4.78 is 0. The Bertz CT molecular complexity index is 522. The van der Waals surface area contributed by atoms with Gasteiger partial charge in [0.2, 0.25) is 0 Å². The number of aliphatic carboxylic acids is 1. The van der Waals surface area contributed by atoms with Gasteiger partial charge in [0.25, 0.3) is 0 Å². The molecule has 0 fully saturated rings. The highest BCUT2D eigenvalue weighted by Gasteiger charge is 2.20. The lowest BCUT2D eigenvalue weighted by Crippen LogP contribution is -2.07. The third kappa shape index (κ3) is 3.05. The topological polar surface area (TPSA) is 57.5 Å². The van der Waals surface area contributed by atoms with Crippen LogP contribution in [0.25, 0.3) is 0 Å². The summed E-state index contributed by atoms with van der Waals surface area (Å²) in [5, 5.41) is 17.8. The number of carboxylic acid groups (broad SMARTS) is 1. The van der Waals surface area contributed by atoms with Crippen molar-refractivity contribution in [2.75, 3.05) is 0 Å². The molecule has 92 valence electrons. The molecule has 2 aromatic rings. The highest BCUT2D eigenvalue weighted by Crippen LogP contribution is 2.35. The minimum Gasteiger partial charge on any atom is -0.508 e. The zero-order chi connectivity index (χ0) is 13.0. The summed E-state index contributed by atoms with van der Waals surface area (Å²) in [4.78, 5) is 12.1. The van der Waals surface area contributed by atoms with Crippen molar-refractivity contribution >= 4 is 17.7 Å². The molecule has 0 aromatic heterocycles. The SMILES string of the molecule is O=C(O)C(Sc1ccc(O)cc1)c1ccccc1. The van der Waals surface area contributed by atoms with Gasteiger partial charge in [0.05, 0.1) is 0 Å². The molecular formula is C14H12O3S. The van der Waals surface area contributed by atoms with Gasteiger partial charge in [-0.25, -0.2) is 0 Å². The molecule has 0 heterocycles. The molecule has 2 rings (SSSR count). The Kier molecular flexibility index (Phi) is 3.89. The van der Waals surface area contributed by atoms with Crippen molar-refractivity contribution in [3.8, 4) is 5.75 Å². The van der Waals surface area contributed by atoms with Gasteiger partial charge in [0, 0.05) is 4.90 Å². The Balaban J connectivity index is 2.22. The van der Waals surface area contributed by atoms with Gasteiger partial charge in [-0.2, -0.15) is 0 Å². The molecule has 0 saturated carbocycles. The fourth-order valence-corrected chi connectivity index (χ4v) is 2.51. The molecule has 4 heteroatoms. The van der Waals surface area contributed by atoms with Crippen LogP contribution in [0.5, 0.6) is 5.75 Å². The van der Waals surface area contributed by atoms with Gasteiger partial charge in [-0.05, 0) is 29.8 Å². The summed E-state index contributed by atoms with van der Waals surface area (Å²) in [5.74, 6) is -0.704. The van der Waals surface area contributed by atoms with Crippen molar-refractivity contribution in [2.24, 2.45) is 0 Å². The molecule has 0 amide bonds. The predicted molar refractivity (Wildman–Crippen MR) is 70.8 cm³/mol. The minimum atomic E-state index is -0.876. The number of hydrogen-bond donors (Lipinski definition) is 2. The summed E-state index contributed by atoms with van der Waals surface area (Å²) >= 11 is 1.25. The van der Waals surface area contributed by atoms with E-state index in [1.54, 1.807) is 36.4 Å². The first-order chi connectivity index (χ1) is 8.66. The van der Waals surface area contributed by atoms with Crippen LogP contribution in [-0.2, 0) is 4.79 Å². The van der Waals surface area contributed by atoms with Crippen LogP contribution in [0.15, 0.2) is 59.5 Å². The molecule has 1 atom stereocenters. The van der Waals surface area contributed by atoms with E-state index in [1.807, 2.05) is 18.2 Å². The molecule has 0 spiro atoms. The van der Waals surface area contributed by atoms with Gasteiger partial charge in [-0.3, -0.25) is 4.79 Å². The standard InChI is InChI=1S/C14H12O3S/c15-11-6-8-12(9-7-11)18-13(14(16)17)10-4-2-1-3-5-10/h1-9,13,15H,(H,16,17). The summed E-state index contributed by atoms with van der Waals surface area (Å²) in [6.07, 6.45) is 0. The minimum absolute atomic E-state index is 0.172. The van der Waals surface area contributed by atoms with E-state index in [1.165, 1.54) is 11.8 Å². The first-order valence-corrected chi connectivity index (χ1v) is 6.28. The van der Waals surface area contributed by atoms with Gasteiger partial charge in [-0.15, -0.1) is 11.8 Å². The van der Waals surface area contributed by atoms with Crippen LogP contribution >= 0.6 is 11.8 Å². The van der Waals surface area contributed by atoms with E-state index in [0.717, 1.165) is 10.5 Å². The van der Waals surface area contributed by atoms with E-state index in [-0.39, 0.29) is 5.75 Å². The molecule has 3 nitrogen and oxygen atoms in total. The third-order valence-electron chi connectivity index (χ3n) is 2.42. The van der Waals surface area contributed by atoms with Gasteiger partial charge in [0.15, 0.2) is 0 Å². The normalized spacial score (nSPS) is 12.0. The maximum atomic E-state index is 11.3. The molecule has 18 heavy (non-hydrogen) atoms. The molecule has 2 N–H and O–H groups in total. The third-order valence-corrected chi connectivity index (χ3v) is 3.67. The number of phenolic OH excluding ortho intramolecular Hbond substituents is 1. The first kappa shape index (κ1) is 12.5. The monoisotopic (exact) mass is 260 g/mol. The number of aromatic hydroxyl groups is 1. The Hall–Kier alpha value is -1.94. The lowest BCUT2D eigenvalue weighted by molar-refractivity contribution is -0.136. The first-order valence-electron chi connectivity index (χ1n) is 5.40. The Morgan fingerprint density at radius 3 is 2.17 bits per heavy atom. The number of hydrogen-bond acceptors (Lipinski definition) is 3. The van der Waals surface area contributed by atoms with Crippen molar-refractivity contribution in [3.63, 3.8) is 0 Å². The average molecular weight is 260 g/mol. The van der Waals surface area contributed by atoms with E-state index in [9.17, 15) is 15.0 Å². The molecule has 0 aliphatic heterocycles. The fourth-order valence-electron chi connectivity index (χ4n) is 1.55.